The number of halogens is 2. The van der Waals surface area contributed by atoms with Crippen molar-refractivity contribution in [3.05, 3.63) is 63.2 Å². The summed E-state index contributed by atoms with van der Waals surface area (Å²) < 4.78 is 63.8. The summed E-state index contributed by atoms with van der Waals surface area (Å²) in [5.41, 5.74) is 8.00. The number of ether oxygens (including phenoxy) is 1. The molecule has 0 spiro atoms. The van der Waals surface area contributed by atoms with Crippen LogP contribution in [0.4, 0.5) is 4.39 Å². The Balaban J connectivity index is 1.73. The smallest absolute Gasteiger partial charge is 0.391 e. The lowest BCUT2D eigenvalue weighted by atomic mass is 10.2. The molecule has 1 unspecified atom stereocenters. The molecule has 1 aromatic heterocycles. The van der Waals surface area contributed by atoms with Crippen LogP contribution in [0.25, 0.3) is 20.5 Å². The van der Waals surface area contributed by atoms with E-state index >= 15 is 0 Å². The van der Waals surface area contributed by atoms with E-state index in [9.17, 15) is 22.3 Å². The lowest BCUT2D eigenvalue weighted by Crippen LogP contribution is -2.25. The minimum absolute atomic E-state index is 0.0949. The molecule has 0 radical (unpaired) electrons. The number of benzene rings is 2. The Morgan fingerprint density at radius 3 is 2.76 bits per heavy atom. The molecule has 11 nitrogen and oxygen atoms in total. The van der Waals surface area contributed by atoms with Crippen LogP contribution in [-0.2, 0) is 14.6 Å². The van der Waals surface area contributed by atoms with E-state index < -0.39 is 29.7 Å². The normalized spacial score (nSPS) is 13.0. The highest BCUT2D eigenvalue weighted by atomic mass is 35.5. The molecule has 2 N–H and O–H groups in total. The van der Waals surface area contributed by atoms with E-state index in [1.54, 1.807) is 12.1 Å². The van der Waals surface area contributed by atoms with Gasteiger partial charge in [-0.1, -0.05) is 16.7 Å². The average molecular weight is 546 g/mol. The lowest BCUT2D eigenvalue weighted by Gasteiger charge is -2.14. The van der Waals surface area contributed by atoms with Crippen molar-refractivity contribution in [2.24, 2.45) is 5.11 Å². The van der Waals surface area contributed by atoms with Crippen LogP contribution in [0.5, 0.6) is 11.5 Å². The van der Waals surface area contributed by atoms with Crippen molar-refractivity contribution in [3.8, 4) is 17.6 Å². The highest BCUT2D eigenvalue weighted by Gasteiger charge is 2.27. The van der Waals surface area contributed by atoms with Crippen molar-refractivity contribution in [1.82, 2.24) is 4.72 Å². The Bertz CT molecular complexity index is 1490. The van der Waals surface area contributed by atoms with E-state index in [2.05, 4.69) is 10.0 Å². The number of fused-ring (bicyclic) bond motifs is 1. The van der Waals surface area contributed by atoms with Crippen LogP contribution in [-0.4, -0.2) is 32.7 Å². The maximum absolute atomic E-state index is 13.7. The molecule has 16 heteroatoms. The first kappa shape index (κ1) is 25.7. The van der Waals surface area contributed by atoms with Gasteiger partial charge in [-0.15, -0.1) is 11.3 Å². The molecule has 0 bridgehead atoms. The van der Waals surface area contributed by atoms with Gasteiger partial charge in [0, 0.05) is 17.0 Å². The van der Waals surface area contributed by atoms with Crippen LogP contribution in [0.2, 0.25) is 5.02 Å². The Morgan fingerprint density at radius 1 is 1.32 bits per heavy atom. The first-order valence-electron chi connectivity index (χ1n) is 9.12. The molecule has 0 aliphatic rings. The molecule has 2 aromatic carbocycles. The summed E-state index contributed by atoms with van der Waals surface area (Å²) in [5.74, 6) is -0.963. The number of hydrogen-bond donors (Lipinski definition) is 2. The van der Waals surface area contributed by atoms with Crippen LogP contribution in [0.3, 0.4) is 0 Å². The Kier molecular flexibility index (Phi) is 8.01. The zero-order chi connectivity index (χ0) is 24.9. The first-order valence-corrected chi connectivity index (χ1v) is 13.6. The summed E-state index contributed by atoms with van der Waals surface area (Å²) in [6, 6.07) is 8.85. The van der Waals surface area contributed by atoms with Crippen molar-refractivity contribution in [3.63, 3.8) is 0 Å². The van der Waals surface area contributed by atoms with Gasteiger partial charge in [-0.2, -0.15) is 9.98 Å². The Labute approximate surface area is 201 Å². The second-order valence-corrected chi connectivity index (χ2v) is 11.7. The van der Waals surface area contributed by atoms with Gasteiger partial charge in [-0.25, -0.2) is 17.4 Å². The lowest BCUT2D eigenvalue weighted by molar-refractivity contribution is 0.328. The number of nitrogens with zero attached hydrogens (tertiary/aromatic N) is 4. The van der Waals surface area contributed by atoms with Gasteiger partial charge in [0.1, 0.15) is 33.9 Å². The predicted octanol–water partition coefficient (Wildman–Crippen LogP) is 4.75. The molecule has 0 saturated carbocycles. The summed E-state index contributed by atoms with van der Waals surface area (Å²) >= 11 is 7.05. The van der Waals surface area contributed by atoms with Gasteiger partial charge in [-0.05, 0) is 35.2 Å². The van der Waals surface area contributed by atoms with Crippen molar-refractivity contribution < 1.29 is 31.5 Å². The van der Waals surface area contributed by atoms with E-state index in [1.807, 2.05) is 4.72 Å². The monoisotopic (exact) mass is 545 g/mol. The number of thiophene rings is 1. The summed E-state index contributed by atoms with van der Waals surface area (Å²) in [5, 5.41) is 12.7. The zero-order valence-corrected chi connectivity index (χ0v) is 20.2. The van der Waals surface area contributed by atoms with Gasteiger partial charge in [0.2, 0.25) is 0 Å². The number of nitriles is 1. The molecule has 0 aliphatic heterocycles. The summed E-state index contributed by atoms with van der Waals surface area (Å²) in [4.78, 5) is 12.6. The van der Waals surface area contributed by atoms with Crippen LogP contribution >= 0.6 is 30.5 Å². The fourth-order valence-electron chi connectivity index (χ4n) is 2.60. The van der Waals surface area contributed by atoms with E-state index in [0.717, 1.165) is 29.5 Å². The van der Waals surface area contributed by atoms with Gasteiger partial charge in [0.05, 0.1) is 28.4 Å². The fraction of sp³-hybridized carbons (Fsp3) is 0.167. The maximum Gasteiger partial charge on any atom is 0.391 e. The molecule has 1 atom stereocenters. The van der Waals surface area contributed by atoms with Crippen molar-refractivity contribution in [1.29, 1.82) is 5.26 Å². The maximum atomic E-state index is 13.7. The molecule has 178 valence electrons. The number of hydrogen-bond acceptors (Lipinski definition) is 8. The molecule has 0 saturated heterocycles. The minimum Gasteiger partial charge on any atom is -0.493 e. The molecule has 0 aliphatic carbocycles. The zero-order valence-electron chi connectivity index (χ0n) is 16.9. The second-order valence-electron chi connectivity index (χ2n) is 6.48. The highest BCUT2D eigenvalue weighted by Crippen LogP contribution is 2.43. The number of azide groups is 1. The molecule has 0 amide bonds. The molecule has 1 heterocycles. The van der Waals surface area contributed by atoms with E-state index in [-0.39, 0.29) is 33.7 Å². The van der Waals surface area contributed by atoms with Crippen molar-refractivity contribution >= 4 is 50.6 Å². The number of nitrogens with one attached hydrogen (secondary N) is 1. The largest absolute Gasteiger partial charge is 0.493 e. The van der Waals surface area contributed by atoms with Crippen molar-refractivity contribution in [2.45, 2.75) is 4.21 Å². The predicted molar refractivity (Wildman–Crippen MR) is 123 cm³/mol. The number of rotatable bonds is 10. The van der Waals surface area contributed by atoms with E-state index in [0.29, 0.717) is 15.8 Å². The van der Waals surface area contributed by atoms with Crippen LogP contribution in [0, 0.1) is 17.1 Å². The second kappa shape index (κ2) is 10.6. The van der Waals surface area contributed by atoms with Gasteiger partial charge in [0.15, 0.2) is 0 Å². The third-order valence-corrected chi connectivity index (χ3v) is 8.81. The molecule has 0 fully saturated rings. The van der Waals surface area contributed by atoms with Gasteiger partial charge < -0.3 is 14.2 Å². The number of sulfonamides is 1. The molecule has 34 heavy (non-hydrogen) atoms. The summed E-state index contributed by atoms with van der Waals surface area (Å²) in [6.45, 7) is 0.190. The van der Waals surface area contributed by atoms with Gasteiger partial charge in [0.25, 0.3) is 10.0 Å². The van der Waals surface area contributed by atoms with Crippen molar-refractivity contribution in [2.75, 3.05) is 19.4 Å². The Morgan fingerprint density at radius 2 is 2.09 bits per heavy atom. The standard InChI is InChI=1S/C18H14ClFN5O6PS2/c19-15-7-14(30-4-3-23-25-22)5-12-6-17(33-18(12)15)34(28,29)24-10-32(26,27)31-13-2-1-11(9-21)16(20)8-13/h1-2,5-8,24H,3-4,10H2,(H,26,27). The molecular formula is C18H14ClFN5O6PS2. The van der Waals surface area contributed by atoms with Crippen LogP contribution in [0.15, 0.2) is 45.7 Å². The van der Waals surface area contributed by atoms with E-state index in [1.165, 1.54) is 12.1 Å². The molecule has 3 aromatic rings. The van der Waals surface area contributed by atoms with Gasteiger partial charge in [-0.3, -0.25) is 0 Å². The average Bonchev–Trinajstić information content (AvgIpc) is 3.21. The third-order valence-electron chi connectivity index (χ3n) is 4.07. The van der Waals surface area contributed by atoms with Crippen LogP contribution in [0.1, 0.15) is 5.56 Å². The van der Waals surface area contributed by atoms with Crippen LogP contribution < -0.4 is 14.0 Å². The SMILES string of the molecule is N#Cc1ccc(OP(=O)(O)CNS(=O)(=O)c2cc3cc(OCCN=[N+]=[N-])cc(Cl)c3s2)cc1F. The Hall–Kier alpha value is -2.88. The summed E-state index contributed by atoms with van der Waals surface area (Å²) in [6.07, 6.45) is -0.993. The first-order chi connectivity index (χ1) is 16.0. The quantitative estimate of drug-likeness (QED) is 0.121. The van der Waals surface area contributed by atoms with E-state index in [4.69, 9.17) is 31.7 Å². The minimum atomic E-state index is -4.56. The fourth-order valence-corrected chi connectivity index (χ4v) is 6.84. The highest BCUT2D eigenvalue weighted by molar-refractivity contribution is 7.92. The topological polar surface area (TPSA) is 174 Å². The molecule has 3 rings (SSSR count). The third kappa shape index (κ3) is 6.37. The van der Waals surface area contributed by atoms with Gasteiger partial charge >= 0.3 is 7.60 Å². The molecular weight excluding hydrogens is 532 g/mol. The summed E-state index contributed by atoms with van der Waals surface area (Å²) in [7, 11) is -8.80.